The van der Waals surface area contributed by atoms with E-state index >= 15 is 0 Å². The van der Waals surface area contributed by atoms with E-state index in [-0.39, 0.29) is 6.42 Å². The lowest BCUT2D eigenvalue weighted by Gasteiger charge is -2.14. The highest BCUT2D eigenvalue weighted by Gasteiger charge is 2.45. The third-order valence-corrected chi connectivity index (χ3v) is 6.23. The molecule has 0 aromatic rings. The number of rotatable bonds is 12. The summed E-state index contributed by atoms with van der Waals surface area (Å²) < 4.78 is 23.8. The number of sulfone groups is 1. The van der Waals surface area contributed by atoms with Crippen molar-refractivity contribution in [1.29, 1.82) is 0 Å². The van der Waals surface area contributed by atoms with Crippen molar-refractivity contribution >= 4 is 21.7 Å². The van der Waals surface area contributed by atoms with Crippen molar-refractivity contribution in [3.8, 4) is 0 Å². The van der Waals surface area contributed by atoms with Crippen LogP contribution in [0.25, 0.3) is 0 Å². The van der Waals surface area contributed by atoms with Crippen molar-refractivity contribution in [2.75, 3.05) is 18.9 Å². The van der Waals surface area contributed by atoms with Gasteiger partial charge in [0.25, 0.3) is 0 Å². The molecule has 0 aromatic carbocycles. The average Bonchev–Trinajstić information content (AvgIpc) is 2.78. The van der Waals surface area contributed by atoms with Crippen molar-refractivity contribution in [3.05, 3.63) is 0 Å². The Morgan fingerprint density at radius 2 is 1.61 bits per heavy atom. The van der Waals surface area contributed by atoms with Gasteiger partial charge in [-0.3, -0.25) is 14.5 Å². The number of aliphatic hydroxyl groups is 1. The molecule has 1 fully saturated rings. The van der Waals surface area contributed by atoms with Gasteiger partial charge in [0.15, 0.2) is 9.84 Å². The van der Waals surface area contributed by atoms with Crippen molar-refractivity contribution < 1.29 is 23.1 Å². The van der Waals surface area contributed by atoms with E-state index < -0.39 is 39.3 Å². The Morgan fingerprint density at radius 1 is 1.04 bits per heavy atom. The van der Waals surface area contributed by atoms with E-state index in [9.17, 15) is 18.0 Å². The van der Waals surface area contributed by atoms with Crippen LogP contribution in [0, 0.1) is 0 Å². The van der Waals surface area contributed by atoms with Crippen LogP contribution < -0.4 is 0 Å². The number of aliphatic hydroxyl groups excluding tert-OH is 1. The summed E-state index contributed by atoms with van der Waals surface area (Å²) in [6.45, 7) is 1.95. The first-order chi connectivity index (χ1) is 10.9. The zero-order valence-electron chi connectivity index (χ0n) is 14.0. The van der Waals surface area contributed by atoms with Gasteiger partial charge in [-0.25, -0.2) is 8.42 Å². The number of likely N-dealkylation sites (tertiary alicyclic amines) is 1. The maximum Gasteiger partial charge on any atom is 0.248 e. The molecular weight excluding hydrogens is 318 g/mol. The van der Waals surface area contributed by atoms with Crippen LogP contribution in [0.4, 0.5) is 0 Å². The summed E-state index contributed by atoms with van der Waals surface area (Å²) >= 11 is 0. The molecule has 1 heterocycles. The van der Waals surface area contributed by atoms with Crippen LogP contribution in [0.15, 0.2) is 0 Å². The molecule has 1 atom stereocenters. The smallest absolute Gasteiger partial charge is 0.248 e. The normalized spacial score (nSPS) is 18.9. The molecule has 6 nitrogen and oxygen atoms in total. The number of carbonyl (C=O) groups is 2. The second-order valence-electron chi connectivity index (χ2n) is 6.14. The fourth-order valence-corrected chi connectivity index (χ4v) is 4.21. The highest BCUT2D eigenvalue weighted by molar-refractivity contribution is 7.92. The number of hydrogen-bond donors (Lipinski definition) is 1. The van der Waals surface area contributed by atoms with Crippen LogP contribution in [0.2, 0.25) is 0 Å². The Bertz CT molecular complexity index is 489. The van der Waals surface area contributed by atoms with E-state index in [0.717, 1.165) is 30.6 Å². The van der Waals surface area contributed by atoms with Gasteiger partial charge in [0, 0.05) is 6.54 Å². The SMILES string of the molecule is CCCCCCCCCCN1C(=O)CC(S(=O)(=O)CCO)C1=O. The van der Waals surface area contributed by atoms with Gasteiger partial charge >= 0.3 is 0 Å². The van der Waals surface area contributed by atoms with Gasteiger partial charge in [-0.15, -0.1) is 0 Å². The quantitative estimate of drug-likeness (QED) is 0.428. The van der Waals surface area contributed by atoms with Gasteiger partial charge in [0.1, 0.15) is 5.25 Å². The third-order valence-electron chi connectivity index (χ3n) is 4.25. The predicted octanol–water partition coefficient (Wildman–Crippen LogP) is 1.66. The first kappa shape index (κ1) is 20.1. The number of unbranched alkanes of at least 4 members (excludes halogenated alkanes) is 7. The zero-order valence-corrected chi connectivity index (χ0v) is 14.8. The minimum absolute atomic E-state index is 0.280. The van der Waals surface area contributed by atoms with Gasteiger partial charge < -0.3 is 5.11 Å². The molecule has 1 saturated heterocycles. The summed E-state index contributed by atoms with van der Waals surface area (Å²) in [6, 6.07) is 0. The zero-order chi connectivity index (χ0) is 17.3. The van der Waals surface area contributed by atoms with Crippen LogP contribution in [0.3, 0.4) is 0 Å². The summed E-state index contributed by atoms with van der Waals surface area (Å²) in [5.74, 6) is -1.50. The standard InChI is InChI=1S/C16H29NO5S/c1-2-3-4-5-6-7-8-9-10-17-15(19)13-14(16(17)20)23(21,22)12-11-18/h14,18H,2-13H2,1H3. The van der Waals surface area contributed by atoms with E-state index in [2.05, 4.69) is 6.92 Å². The highest BCUT2D eigenvalue weighted by atomic mass is 32.2. The van der Waals surface area contributed by atoms with E-state index in [0.29, 0.717) is 6.54 Å². The second kappa shape index (κ2) is 10.0. The number of imide groups is 1. The van der Waals surface area contributed by atoms with Gasteiger partial charge in [-0.05, 0) is 6.42 Å². The fraction of sp³-hybridized carbons (Fsp3) is 0.875. The molecule has 7 heteroatoms. The molecule has 0 saturated carbocycles. The average molecular weight is 347 g/mol. The minimum Gasteiger partial charge on any atom is -0.395 e. The van der Waals surface area contributed by atoms with Crippen LogP contribution in [-0.4, -0.2) is 54.4 Å². The van der Waals surface area contributed by atoms with Crippen LogP contribution >= 0.6 is 0 Å². The maximum absolute atomic E-state index is 12.1. The second-order valence-corrected chi connectivity index (χ2v) is 8.44. The van der Waals surface area contributed by atoms with Crippen molar-refractivity contribution in [2.24, 2.45) is 0 Å². The number of carbonyl (C=O) groups excluding carboxylic acids is 2. The number of hydrogen-bond acceptors (Lipinski definition) is 5. The molecule has 2 amide bonds. The number of amides is 2. The molecule has 134 valence electrons. The molecule has 0 radical (unpaired) electrons. The summed E-state index contributed by atoms with van der Waals surface area (Å²) in [4.78, 5) is 25.1. The van der Waals surface area contributed by atoms with E-state index in [1.54, 1.807) is 0 Å². The Kier molecular flexibility index (Phi) is 8.76. The Hall–Kier alpha value is -0.950. The van der Waals surface area contributed by atoms with Gasteiger partial charge in [0.2, 0.25) is 11.8 Å². The summed E-state index contributed by atoms with van der Waals surface area (Å²) in [6.07, 6.45) is 8.58. The Morgan fingerprint density at radius 3 is 2.17 bits per heavy atom. The largest absolute Gasteiger partial charge is 0.395 e. The third kappa shape index (κ3) is 6.22. The molecule has 0 spiro atoms. The van der Waals surface area contributed by atoms with Gasteiger partial charge in [-0.1, -0.05) is 51.9 Å². The summed E-state index contributed by atoms with van der Waals surface area (Å²) in [5, 5.41) is 7.47. The monoisotopic (exact) mass is 347 g/mol. The molecule has 1 aliphatic rings. The van der Waals surface area contributed by atoms with Crippen molar-refractivity contribution in [3.63, 3.8) is 0 Å². The van der Waals surface area contributed by atoms with Gasteiger partial charge in [-0.2, -0.15) is 0 Å². The lowest BCUT2D eigenvalue weighted by Crippen LogP contribution is -2.37. The molecule has 0 aliphatic carbocycles. The van der Waals surface area contributed by atoms with Crippen molar-refractivity contribution in [2.45, 2.75) is 70.0 Å². The molecule has 1 N–H and O–H groups in total. The summed E-state index contributed by atoms with van der Waals surface area (Å²) in [7, 11) is -3.74. The molecular formula is C16H29NO5S. The molecule has 0 bridgehead atoms. The molecule has 0 aromatic heterocycles. The van der Waals surface area contributed by atoms with Crippen LogP contribution in [0.1, 0.15) is 64.7 Å². The van der Waals surface area contributed by atoms with E-state index in [1.807, 2.05) is 0 Å². The topological polar surface area (TPSA) is 91.8 Å². The van der Waals surface area contributed by atoms with E-state index in [4.69, 9.17) is 5.11 Å². The fourth-order valence-electron chi connectivity index (χ4n) is 2.84. The van der Waals surface area contributed by atoms with Crippen LogP contribution in [0.5, 0.6) is 0 Å². The minimum atomic E-state index is -3.74. The molecule has 1 unspecified atom stereocenters. The lowest BCUT2D eigenvalue weighted by molar-refractivity contribution is -0.138. The Balaban J connectivity index is 2.32. The highest BCUT2D eigenvalue weighted by Crippen LogP contribution is 2.21. The maximum atomic E-state index is 12.1. The van der Waals surface area contributed by atoms with E-state index in [1.165, 1.54) is 25.7 Å². The molecule has 1 rings (SSSR count). The molecule has 23 heavy (non-hydrogen) atoms. The number of nitrogens with zero attached hydrogens (tertiary/aromatic N) is 1. The van der Waals surface area contributed by atoms with Crippen LogP contribution in [-0.2, 0) is 19.4 Å². The first-order valence-electron chi connectivity index (χ1n) is 8.60. The van der Waals surface area contributed by atoms with Crippen molar-refractivity contribution in [1.82, 2.24) is 4.90 Å². The summed E-state index contributed by atoms with van der Waals surface area (Å²) in [5.41, 5.74) is 0. The first-order valence-corrected chi connectivity index (χ1v) is 10.3. The Labute approximate surface area is 139 Å². The predicted molar refractivity (Wildman–Crippen MR) is 88.6 cm³/mol. The lowest BCUT2D eigenvalue weighted by atomic mass is 10.1. The van der Waals surface area contributed by atoms with Gasteiger partial charge in [0.05, 0.1) is 18.8 Å². The molecule has 1 aliphatic heterocycles.